The molecule has 0 saturated carbocycles. The fourth-order valence-corrected chi connectivity index (χ4v) is 13.5. The zero-order valence-corrected chi connectivity index (χ0v) is 29.3. The van der Waals surface area contributed by atoms with E-state index < -0.39 is 28.3 Å². The molecule has 0 unspecified atom stereocenters. The van der Waals surface area contributed by atoms with Crippen LogP contribution in [0.2, 0.25) is 36.3 Å². The summed E-state index contributed by atoms with van der Waals surface area (Å²) in [6.45, 7) is 24.1. The van der Waals surface area contributed by atoms with Crippen molar-refractivity contribution in [3.05, 3.63) is 0 Å². The molecule has 4 atom stereocenters. The molecule has 0 aromatic carbocycles. The zero-order valence-electron chi connectivity index (χ0n) is 25.7. The van der Waals surface area contributed by atoms with Crippen LogP contribution in [0.1, 0.15) is 89.0 Å². The number of aliphatic hydroxyl groups is 1. The van der Waals surface area contributed by atoms with E-state index in [1.165, 1.54) is 0 Å². The first-order valence-corrected chi connectivity index (χ1v) is 21.2. The van der Waals surface area contributed by atoms with E-state index >= 15 is 0 Å². The molecular weight excluding hydrogens is 535 g/mol. The van der Waals surface area contributed by atoms with Crippen LogP contribution in [0.25, 0.3) is 0 Å². The average Bonchev–Trinajstić information content (AvgIpc) is 3.27. The molecule has 1 N–H and O–H groups in total. The van der Waals surface area contributed by atoms with Gasteiger partial charge in [-0.05, 0) is 62.5 Å². The van der Waals surface area contributed by atoms with Gasteiger partial charge in [0.1, 0.15) is 4.32 Å². The minimum Gasteiger partial charge on any atom is -0.414 e. The van der Waals surface area contributed by atoms with Gasteiger partial charge in [0, 0.05) is 11.7 Å². The molecule has 37 heavy (non-hydrogen) atoms. The molecule has 1 aliphatic rings. The standard InChI is InChI=1S/C28H57NO4S2Si2/c1-12-36(13-2,14-3)32-24(18-21(7)8)22(9)23(30)19-26(31)29-25(20-35-27(29)34)28(10,11)33-37(15-4,16-5)17-6/h21-25,30H,12-20H2,1-11H3/t22-,23+,24+,25-/m0/s1. The number of hydrogen-bond donors (Lipinski definition) is 1. The Morgan fingerprint density at radius 3 is 1.95 bits per heavy atom. The van der Waals surface area contributed by atoms with Gasteiger partial charge in [0.25, 0.3) is 0 Å². The van der Waals surface area contributed by atoms with Crippen LogP contribution in [0.4, 0.5) is 0 Å². The third-order valence-electron chi connectivity index (χ3n) is 8.97. The zero-order chi connectivity index (χ0) is 28.6. The van der Waals surface area contributed by atoms with Gasteiger partial charge in [-0.3, -0.25) is 9.69 Å². The van der Waals surface area contributed by atoms with Crippen molar-refractivity contribution in [1.29, 1.82) is 0 Å². The van der Waals surface area contributed by atoms with Crippen LogP contribution in [0.15, 0.2) is 0 Å². The van der Waals surface area contributed by atoms with E-state index in [1.807, 2.05) is 0 Å². The summed E-state index contributed by atoms with van der Waals surface area (Å²) in [6, 6.07) is 6.28. The molecule has 0 radical (unpaired) electrons. The Labute approximate surface area is 240 Å². The predicted molar refractivity (Wildman–Crippen MR) is 169 cm³/mol. The number of amides is 1. The molecule has 1 fully saturated rings. The first-order chi connectivity index (χ1) is 17.2. The number of carbonyl (C=O) groups excluding carboxylic acids is 1. The van der Waals surface area contributed by atoms with Crippen molar-refractivity contribution in [2.24, 2.45) is 11.8 Å². The van der Waals surface area contributed by atoms with Crippen LogP contribution in [0.3, 0.4) is 0 Å². The predicted octanol–water partition coefficient (Wildman–Crippen LogP) is 7.84. The van der Waals surface area contributed by atoms with Crippen molar-refractivity contribution >= 4 is 50.8 Å². The SMILES string of the molecule is CC[Si](CC)(CC)O[C@H](CC(C)C)[C@@H](C)[C@H](O)CC(=O)N1C(=S)SC[C@H]1C(C)(C)O[Si](CC)(CC)CC. The summed E-state index contributed by atoms with van der Waals surface area (Å²) in [5.74, 6) is 0.968. The molecule has 218 valence electrons. The van der Waals surface area contributed by atoms with Gasteiger partial charge in [0.2, 0.25) is 5.91 Å². The Morgan fingerprint density at radius 1 is 1.03 bits per heavy atom. The molecule has 1 rings (SSSR count). The fourth-order valence-electron chi connectivity index (χ4n) is 5.67. The Bertz CT molecular complexity index is 712. The van der Waals surface area contributed by atoms with Crippen molar-refractivity contribution < 1.29 is 18.8 Å². The lowest BCUT2D eigenvalue weighted by atomic mass is 9.89. The van der Waals surface area contributed by atoms with Crippen LogP contribution in [0, 0.1) is 11.8 Å². The molecule has 5 nitrogen and oxygen atoms in total. The third kappa shape index (κ3) is 9.12. The summed E-state index contributed by atoms with van der Waals surface area (Å²) in [5.41, 5.74) is -0.494. The summed E-state index contributed by atoms with van der Waals surface area (Å²) < 4.78 is 14.4. The molecule has 1 heterocycles. The minimum atomic E-state index is -1.87. The van der Waals surface area contributed by atoms with Gasteiger partial charge in [-0.25, -0.2) is 0 Å². The van der Waals surface area contributed by atoms with Crippen molar-refractivity contribution in [1.82, 2.24) is 4.90 Å². The second-order valence-corrected chi connectivity index (χ2v) is 23.0. The highest BCUT2D eigenvalue weighted by atomic mass is 32.2. The molecule has 1 aliphatic heterocycles. The van der Waals surface area contributed by atoms with E-state index in [2.05, 4.69) is 76.2 Å². The van der Waals surface area contributed by atoms with Crippen LogP contribution in [-0.2, 0) is 13.6 Å². The van der Waals surface area contributed by atoms with Crippen LogP contribution < -0.4 is 0 Å². The topological polar surface area (TPSA) is 59.0 Å². The first-order valence-electron chi connectivity index (χ1n) is 14.8. The smallest absolute Gasteiger partial charge is 0.231 e. The molecule has 1 amide bonds. The lowest BCUT2D eigenvalue weighted by molar-refractivity contribution is -0.134. The second-order valence-electron chi connectivity index (χ2n) is 12.0. The summed E-state index contributed by atoms with van der Waals surface area (Å²) >= 11 is 7.21. The van der Waals surface area contributed by atoms with E-state index in [4.69, 9.17) is 21.1 Å². The third-order valence-corrected chi connectivity index (χ3v) is 19.9. The number of nitrogens with zero attached hydrogens (tertiary/aromatic N) is 1. The molecule has 0 aliphatic carbocycles. The Morgan fingerprint density at radius 2 is 1.51 bits per heavy atom. The maximum absolute atomic E-state index is 13.7. The second kappa shape index (κ2) is 15.3. The Hall–Kier alpha value is 0.224. The highest BCUT2D eigenvalue weighted by Crippen LogP contribution is 2.38. The van der Waals surface area contributed by atoms with Crippen LogP contribution in [-0.4, -0.2) is 66.5 Å². The summed E-state index contributed by atoms with van der Waals surface area (Å²) in [5, 5.41) is 11.3. The van der Waals surface area contributed by atoms with E-state index in [1.54, 1.807) is 16.7 Å². The Kier molecular flexibility index (Phi) is 14.6. The molecule has 0 aromatic heterocycles. The first kappa shape index (κ1) is 35.3. The highest BCUT2D eigenvalue weighted by molar-refractivity contribution is 8.23. The van der Waals surface area contributed by atoms with Gasteiger partial charge in [0.05, 0.1) is 30.3 Å². The number of carbonyl (C=O) groups is 1. The lowest BCUT2D eigenvalue weighted by Crippen LogP contribution is -2.57. The average molecular weight is 592 g/mol. The maximum atomic E-state index is 13.7. The van der Waals surface area contributed by atoms with Crippen LogP contribution in [0.5, 0.6) is 0 Å². The van der Waals surface area contributed by atoms with E-state index in [0.29, 0.717) is 10.2 Å². The van der Waals surface area contributed by atoms with Gasteiger partial charge in [-0.15, -0.1) is 0 Å². The molecule has 9 heteroatoms. The van der Waals surface area contributed by atoms with Gasteiger partial charge in [-0.1, -0.05) is 86.3 Å². The van der Waals surface area contributed by atoms with Gasteiger partial charge >= 0.3 is 0 Å². The van der Waals surface area contributed by atoms with E-state index in [9.17, 15) is 9.90 Å². The van der Waals surface area contributed by atoms with Gasteiger partial charge in [-0.2, -0.15) is 0 Å². The summed E-state index contributed by atoms with van der Waals surface area (Å²) in [6.07, 6.45) is 0.126. The molecular formula is C28H57NO4S2Si2. The summed E-state index contributed by atoms with van der Waals surface area (Å²) in [4.78, 5) is 15.5. The van der Waals surface area contributed by atoms with E-state index in [-0.39, 0.29) is 30.4 Å². The van der Waals surface area contributed by atoms with Gasteiger partial charge in [0.15, 0.2) is 16.6 Å². The number of aliphatic hydroxyl groups excluding tert-OH is 1. The largest absolute Gasteiger partial charge is 0.414 e. The molecule has 0 aromatic rings. The normalized spacial score (nSPS) is 20.0. The summed E-state index contributed by atoms with van der Waals surface area (Å²) in [7, 11) is -3.72. The number of thiocarbonyl (C=S) groups is 1. The minimum absolute atomic E-state index is 0.0462. The molecule has 1 saturated heterocycles. The Balaban J connectivity index is 3.10. The molecule has 0 spiro atoms. The quantitative estimate of drug-likeness (QED) is 0.137. The van der Waals surface area contributed by atoms with E-state index in [0.717, 1.165) is 48.4 Å². The molecule has 0 bridgehead atoms. The number of thioether (sulfide) groups is 1. The van der Waals surface area contributed by atoms with Crippen molar-refractivity contribution in [2.75, 3.05) is 5.75 Å². The monoisotopic (exact) mass is 591 g/mol. The number of rotatable bonds is 17. The van der Waals surface area contributed by atoms with Crippen molar-refractivity contribution in [3.63, 3.8) is 0 Å². The highest BCUT2D eigenvalue weighted by Gasteiger charge is 2.48. The fraction of sp³-hybridized carbons (Fsp3) is 0.929. The maximum Gasteiger partial charge on any atom is 0.231 e. The lowest BCUT2D eigenvalue weighted by Gasteiger charge is -2.44. The van der Waals surface area contributed by atoms with Crippen molar-refractivity contribution in [2.45, 2.75) is 149 Å². The number of hydrogen-bond acceptors (Lipinski definition) is 6. The van der Waals surface area contributed by atoms with Crippen molar-refractivity contribution in [3.8, 4) is 0 Å². The van der Waals surface area contributed by atoms with Crippen LogP contribution >= 0.6 is 24.0 Å². The van der Waals surface area contributed by atoms with Gasteiger partial charge < -0.3 is 14.0 Å².